The SMILES string of the molecule is OC[C@@H]1C[C@H](c2ccccc2)CO1. The third-order valence-corrected chi connectivity index (χ3v) is 2.56. The number of aliphatic hydroxyl groups excluding tert-OH is 1. The average Bonchev–Trinajstić information content (AvgIpc) is 2.67. The van der Waals surface area contributed by atoms with E-state index in [4.69, 9.17) is 9.84 Å². The lowest BCUT2D eigenvalue weighted by molar-refractivity contribution is 0.0585. The van der Waals surface area contributed by atoms with Crippen LogP contribution in [0.1, 0.15) is 17.9 Å². The van der Waals surface area contributed by atoms with Gasteiger partial charge in [0, 0.05) is 5.92 Å². The molecule has 0 aliphatic carbocycles. The molecule has 0 unspecified atom stereocenters. The van der Waals surface area contributed by atoms with E-state index in [1.165, 1.54) is 5.56 Å². The Kier molecular flexibility index (Phi) is 2.62. The molecule has 2 atom stereocenters. The van der Waals surface area contributed by atoms with E-state index < -0.39 is 0 Å². The predicted octanol–water partition coefficient (Wildman–Crippen LogP) is 1.55. The fraction of sp³-hybridized carbons (Fsp3) is 0.455. The molecule has 1 N–H and O–H groups in total. The number of aliphatic hydroxyl groups is 1. The van der Waals surface area contributed by atoms with E-state index >= 15 is 0 Å². The zero-order valence-electron chi connectivity index (χ0n) is 7.52. The minimum Gasteiger partial charge on any atom is -0.394 e. The highest BCUT2D eigenvalue weighted by Gasteiger charge is 2.25. The Morgan fingerprint density at radius 2 is 2.08 bits per heavy atom. The van der Waals surface area contributed by atoms with Crippen LogP contribution in [0.4, 0.5) is 0 Å². The van der Waals surface area contributed by atoms with Crippen molar-refractivity contribution >= 4 is 0 Å². The van der Waals surface area contributed by atoms with Gasteiger partial charge in [-0.1, -0.05) is 30.3 Å². The van der Waals surface area contributed by atoms with Crippen LogP contribution in [-0.2, 0) is 4.74 Å². The van der Waals surface area contributed by atoms with E-state index in [1.54, 1.807) is 0 Å². The first kappa shape index (κ1) is 8.73. The molecule has 1 aliphatic heterocycles. The maximum atomic E-state index is 8.91. The van der Waals surface area contributed by atoms with Gasteiger partial charge in [0.2, 0.25) is 0 Å². The van der Waals surface area contributed by atoms with Crippen LogP contribution >= 0.6 is 0 Å². The topological polar surface area (TPSA) is 29.5 Å². The molecule has 1 aromatic rings. The maximum absolute atomic E-state index is 8.91. The summed E-state index contributed by atoms with van der Waals surface area (Å²) in [7, 11) is 0. The average molecular weight is 178 g/mol. The molecule has 2 heteroatoms. The van der Waals surface area contributed by atoms with Crippen LogP contribution in [-0.4, -0.2) is 24.4 Å². The third kappa shape index (κ3) is 1.90. The van der Waals surface area contributed by atoms with Crippen LogP contribution in [0, 0.1) is 0 Å². The third-order valence-electron chi connectivity index (χ3n) is 2.56. The lowest BCUT2D eigenvalue weighted by Crippen LogP contribution is -2.09. The van der Waals surface area contributed by atoms with Crippen molar-refractivity contribution in [1.82, 2.24) is 0 Å². The van der Waals surface area contributed by atoms with Gasteiger partial charge in [-0.15, -0.1) is 0 Å². The van der Waals surface area contributed by atoms with Crippen molar-refractivity contribution in [3.05, 3.63) is 35.9 Å². The first-order valence-electron chi connectivity index (χ1n) is 4.67. The van der Waals surface area contributed by atoms with E-state index in [2.05, 4.69) is 12.1 Å². The van der Waals surface area contributed by atoms with Crippen LogP contribution < -0.4 is 0 Å². The Bertz CT molecular complexity index is 258. The molecule has 0 aromatic heterocycles. The van der Waals surface area contributed by atoms with Gasteiger partial charge < -0.3 is 9.84 Å². The summed E-state index contributed by atoms with van der Waals surface area (Å²) in [6, 6.07) is 10.3. The van der Waals surface area contributed by atoms with Gasteiger partial charge in [0.15, 0.2) is 0 Å². The van der Waals surface area contributed by atoms with Crippen LogP contribution in [0.25, 0.3) is 0 Å². The van der Waals surface area contributed by atoms with E-state index in [0.29, 0.717) is 5.92 Å². The standard InChI is InChI=1S/C11H14O2/c12-7-11-6-10(8-13-11)9-4-2-1-3-5-9/h1-5,10-12H,6-8H2/t10-,11-/m0/s1. The van der Waals surface area contributed by atoms with Crippen molar-refractivity contribution in [3.63, 3.8) is 0 Å². The molecular weight excluding hydrogens is 164 g/mol. The van der Waals surface area contributed by atoms with Crippen LogP contribution in [0.15, 0.2) is 30.3 Å². The summed E-state index contributed by atoms with van der Waals surface area (Å²) in [5.41, 5.74) is 1.32. The van der Waals surface area contributed by atoms with Gasteiger partial charge >= 0.3 is 0 Å². The fourth-order valence-corrected chi connectivity index (χ4v) is 1.79. The van der Waals surface area contributed by atoms with E-state index in [1.807, 2.05) is 18.2 Å². The molecule has 1 aromatic carbocycles. The lowest BCUT2D eigenvalue weighted by Gasteiger charge is -2.06. The summed E-state index contributed by atoms with van der Waals surface area (Å²) in [6.07, 6.45) is 0.991. The molecule has 1 saturated heterocycles. The summed E-state index contributed by atoms with van der Waals surface area (Å²) >= 11 is 0. The Morgan fingerprint density at radius 3 is 2.69 bits per heavy atom. The summed E-state index contributed by atoms with van der Waals surface area (Å²) in [5.74, 6) is 0.471. The van der Waals surface area contributed by atoms with Gasteiger partial charge in [-0.05, 0) is 12.0 Å². The van der Waals surface area contributed by atoms with Gasteiger partial charge in [-0.2, -0.15) is 0 Å². The fourth-order valence-electron chi connectivity index (χ4n) is 1.79. The monoisotopic (exact) mass is 178 g/mol. The first-order valence-corrected chi connectivity index (χ1v) is 4.67. The van der Waals surface area contributed by atoms with Crippen molar-refractivity contribution in [2.24, 2.45) is 0 Å². The Balaban J connectivity index is 2.04. The van der Waals surface area contributed by atoms with E-state index in [9.17, 15) is 0 Å². The number of hydrogen-bond acceptors (Lipinski definition) is 2. The Hall–Kier alpha value is -0.860. The molecule has 1 fully saturated rings. The number of rotatable bonds is 2. The minimum absolute atomic E-state index is 0.0465. The second kappa shape index (κ2) is 3.90. The van der Waals surface area contributed by atoms with Gasteiger partial charge in [0.25, 0.3) is 0 Å². The summed E-state index contributed by atoms with van der Waals surface area (Å²) in [6.45, 7) is 0.887. The highest BCUT2D eigenvalue weighted by molar-refractivity contribution is 5.20. The molecule has 0 saturated carbocycles. The highest BCUT2D eigenvalue weighted by Crippen LogP contribution is 2.28. The lowest BCUT2D eigenvalue weighted by atomic mass is 9.97. The van der Waals surface area contributed by atoms with E-state index in [-0.39, 0.29) is 12.7 Å². The van der Waals surface area contributed by atoms with Crippen molar-refractivity contribution in [2.75, 3.05) is 13.2 Å². The number of hydrogen-bond donors (Lipinski definition) is 1. The Morgan fingerprint density at radius 1 is 1.31 bits per heavy atom. The summed E-state index contributed by atoms with van der Waals surface area (Å²) in [5, 5.41) is 8.91. The molecule has 13 heavy (non-hydrogen) atoms. The number of ether oxygens (including phenoxy) is 1. The normalized spacial score (nSPS) is 27.8. The molecule has 0 radical (unpaired) electrons. The molecular formula is C11H14O2. The summed E-state index contributed by atoms with van der Waals surface area (Å²) in [4.78, 5) is 0. The summed E-state index contributed by atoms with van der Waals surface area (Å²) < 4.78 is 5.42. The second-order valence-electron chi connectivity index (χ2n) is 3.48. The molecule has 70 valence electrons. The largest absolute Gasteiger partial charge is 0.394 e. The van der Waals surface area contributed by atoms with Gasteiger partial charge in [0.1, 0.15) is 0 Å². The zero-order chi connectivity index (χ0) is 9.10. The van der Waals surface area contributed by atoms with Gasteiger partial charge in [-0.25, -0.2) is 0 Å². The second-order valence-corrected chi connectivity index (χ2v) is 3.48. The first-order chi connectivity index (χ1) is 6.40. The van der Waals surface area contributed by atoms with Crippen LogP contribution in [0.3, 0.4) is 0 Å². The molecule has 0 bridgehead atoms. The molecule has 0 spiro atoms. The minimum atomic E-state index is 0.0465. The molecule has 2 rings (SSSR count). The van der Waals surface area contributed by atoms with Crippen LogP contribution in [0.2, 0.25) is 0 Å². The van der Waals surface area contributed by atoms with Crippen LogP contribution in [0.5, 0.6) is 0 Å². The van der Waals surface area contributed by atoms with Gasteiger partial charge in [-0.3, -0.25) is 0 Å². The Labute approximate surface area is 78.2 Å². The van der Waals surface area contributed by atoms with E-state index in [0.717, 1.165) is 13.0 Å². The van der Waals surface area contributed by atoms with Crippen molar-refractivity contribution in [2.45, 2.75) is 18.4 Å². The molecule has 1 heterocycles. The molecule has 0 amide bonds. The smallest absolute Gasteiger partial charge is 0.0812 e. The molecule has 2 nitrogen and oxygen atoms in total. The zero-order valence-corrected chi connectivity index (χ0v) is 7.52. The molecule has 1 aliphatic rings. The predicted molar refractivity (Wildman–Crippen MR) is 50.6 cm³/mol. The van der Waals surface area contributed by atoms with Crippen molar-refractivity contribution in [3.8, 4) is 0 Å². The van der Waals surface area contributed by atoms with Crippen molar-refractivity contribution < 1.29 is 9.84 Å². The van der Waals surface area contributed by atoms with Crippen molar-refractivity contribution in [1.29, 1.82) is 0 Å². The maximum Gasteiger partial charge on any atom is 0.0812 e. The quantitative estimate of drug-likeness (QED) is 0.744. The van der Waals surface area contributed by atoms with Gasteiger partial charge in [0.05, 0.1) is 19.3 Å². The number of benzene rings is 1. The highest BCUT2D eigenvalue weighted by atomic mass is 16.5.